The van der Waals surface area contributed by atoms with Gasteiger partial charge in [-0.05, 0) is 53.9 Å². The number of amides is 3. The van der Waals surface area contributed by atoms with Gasteiger partial charge in [-0.25, -0.2) is 9.69 Å². The number of hydrogen-bond donors (Lipinski definition) is 1. The van der Waals surface area contributed by atoms with Crippen molar-refractivity contribution in [3.63, 3.8) is 0 Å². The summed E-state index contributed by atoms with van der Waals surface area (Å²) in [7, 11) is 0. The maximum Gasteiger partial charge on any atom is 0.338 e. The minimum Gasteiger partial charge on any atom is -0.452 e. The van der Waals surface area contributed by atoms with Gasteiger partial charge in [-0.3, -0.25) is 14.4 Å². The molecule has 1 aromatic heterocycles. The molecule has 158 valence electrons. The van der Waals surface area contributed by atoms with Gasteiger partial charge in [0.25, 0.3) is 17.7 Å². The number of esters is 1. The van der Waals surface area contributed by atoms with Gasteiger partial charge in [0.1, 0.15) is 11.1 Å². The second kappa shape index (κ2) is 8.63. The largest absolute Gasteiger partial charge is 0.452 e. The van der Waals surface area contributed by atoms with Crippen LogP contribution >= 0.6 is 22.9 Å². The maximum atomic E-state index is 12.8. The lowest BCUT2D eigenvalue weighted by molar-refractivity contribution is -0.119. The first-order valence-electron chi connectivity index (χ1n) is 9.12. The van der Waals surface area contributed by atoms with Crippen molar-refractivity contribution in [3.05, 3.63) is 81.2 Å². The lowest BCUT2D eigenvalue weighted by Crippen LogP contribution is -2.29. The highest BCUT2D eigenvalue weighted by atomic mass is 35.5. The summed E-state index contributed by atoms with van der Waals surface area (Å²) in [4.78, 5) is 50.9. The van der Waals surface area contributed by atoms with Crippen molar-refractivity contribution in [1.82, 2.24) is 0 Å². The number of ether oxygens (including phenoxy) is 1. The summed E-state index contributed by atoms with van der Waals surface area (Å²) in [6.45, 7) is -0.581. The zero-order chi connectivity index (χ0) is 22.8. The molecule has 0 spiro atoms. The summed E-state index contributed by atoms with van der Waals surface area (Å²) in [6.07, 6.45) is 0. The van der Waals surface area contributed by atoms with E-state index in [1.54, 1.807) is 35.7 Å². The number of benzene rings is 2. The van der Waals surface area contributed by atoms with Crippen molar-refractivity contribution in [2.45, 2.75) is 0 Å². The summed E-state index contributed by atoms with van der Waals surface area (Å²) in [6, 6.07) is 13.7. The van der Waals surface area contributed by atoms with E-state index in [1.165, 1.54) is 29.5 Å². The molecule has 4 rings (SSSR count). The van der Waals surface area contributed by atoms with Crippen LogP contribution in [0, 0.1) is 11.3 Å². The van der Waals surface area contributed by atoms with E-state index in [0.29, 0.717) is 21.3 Å². The summed E-state index contributed by atoms with van der Waals surface area (Å²) in [5.74, 6) is -2.55. The second-order valence-electron chi connectivity index (χ2n) is 6.58. The van der Waals surface area contributed by atoms with E-state index in [4.69, 9.17) is 21.6 Å². The van der Waals surface area contributed by atoms with Crippen molar-refractivity contribution in [3.8, 4) is 6.07 Å². The van der Waals surface area contributed by atoms with Crippen LogP contribution in [0.3, 0.4) is 0 Å². The number of halogens is 1. The standard InChI is InChI=1S/C22H12ClN3O5S/c23-14-2-4-15(5-3-14)26-20(28)16-6-1-12(9-17(16)21(26)29)22(30)31-11-18(27)25-19-13(10-24)7-8-32-19/h1-9H,11H2,(H,25,27). The Balaban J connectivity index is 1.45. The Morgan fingerprint density at radius 3 is 2.50 bits per heavy atom. The van der Waals surface area contributed by atoms with Gasteiger partial charge in [0.05, 0.1) is 27.9 Å². The molecule has 10 heteroatoms. The number of carbonyl (C=O) groups is 4. The molecule has 0 saturated carbocycles. The Hall–Kier alpha value is -4.00. The highest BCUT2D eigenvalue weighted by molar-refractivity contribution is 7.14. The van der Waals surface area contributed by atoms with Gasteiger partial charge in [0.15, 0.2) is 6.61 Å². The van der Waals surface area contributed by atoms with Crippen molar-refractivity contribution in [2.24, 2.45) is 0 Å². The van der Waals surface area contributed by atoms with Crippen molar-refractivity contribution < 1.29 is 23.9 Å². The van der Waals surface area contributed by atoms with Crippen molar-refractivity contribution >= 4 is 57.3 Å². The zero-order valence-electron chi connectivity index (χ0n) is 16.1. The first-order valence-corrected chi connectivity index (χ1v) is 10.4. The first kappa shape index (κ1) is 21.2. The lowest BCUT2D eigenvalue weighted by Gasteiger charge is -2.13. The fraction of sp³-hybridized carbons (Fsp3) is 0.0455. The van der Waals surface area contributed by atoms with Gasteiger partial charge >= 0.3 is 5.97 Å². The monoisotopic (exact) mass is 465 g/mol. The fourth-order valence-corrected chi connectivity index (χ4v) is 3.94. The number of hydrogen-bond acceptors (Lipinski definition) is 7. The summed E-state index contributed by atoms with van der Waals surface area (Å²) < 4.78 is 5.00. The molecule has 3 amide bonds. The van der Waals surface area contributed by atoms with Crippen LogP contribution in [-0.4, -0.2) is 30.3 Å². The van der Waals surface area contributed by atoms with Crippen LogP contribution in [0.4, 0.5) is 10.7 Å². The number of anilines is 2. The minimum absolute atomic E-state index is 0.0180. The van der Waals surface area contributed by atoms with Crippen molar-refractivity contribution in [1.29, 1.82) is 5.26 Å². The Morgan fingerprint density at radius 1 is 1.06 bits per heavy atom. The van der Waals surface area contributed by atoms with Crippen LogP contribution in [0.15, 0.2) is 53.9 Å². The molecule has 2 aromatic carbocycles. The number of carbonyl (C=O) groups excluding carboxylic acids is 4. The minimum atomic E-state index is -0.833. The predicted octanol–water partition coefficient (Wildman–Crippen LogP) is 3.87. The van der Waals surface area contributed by atoms with E-state index in [2.05, 4.69) is 5.32 Å². The SMILES string of the molecule is N#Cc1ccsc1NC(=O)COC(=O)c1ccc2c(c1)C(=O)N(c1ccc(Cl)cc1)C2=O. The Morgan fingerprint density at radius 2 is 1.78 bits per heavy atom. The van der Waals surface area contributed by atoms with Crippen LogP contribution < -0.4 is 10.2 Å². The van der Waals surface area contributed by atoms with Crippen LogP contribution in [0.1, 0.15) is 36.6 Å². The Kier molecular flexibility index (Phi) is 5.73. The molecule has 32 heavy (non-hydrogen) atoms. The number of nitrogens with one attached hydrogen (secondary N) is 1. The molecule has 8 nitrogen and oxygen atoms in total. The molecule has 1 aliphatic heterocycles. The molecule has 2 heterocycles. The van der Waals surface area contributed by atoms with Gasteiger partial charge < -0.3 is 10.1 Å². The molecular weight excluding hydrogens is 454 g/mol. The number of imide groups is 1. The Bertz CT molecular complexity index is 1310. The average molecular weight is 466 g/mol. The molecule has 0 bridgehead atoms. The summed E-state index contributed by atoms with van der Waals surface area (Å²) in [5.41, 5.74) is 0.889. The van der Waals surface area contributed by atoms with E-state index in [0.717, 1.165) is 4.90 Å². The third kappa shape index (κ3) is 3.97. The zero-order valence-corrected chi connectivity index (χ0v) is 17.7. The number of thiophene rings is 1. The highest BCUT2D eigenvalue weighted by Gasteiger charge is 2.37. The third-order valence-electron chi connectivity index (χ3n) is 4.58. The van der Waals surface area contributed by atoms with E-state index >= 15 is 0 Å². The average Bonchev–Trinajstić information content (AvgIpc) is 3.34. The maximum absolute atomic E-state index is 12.8. The molecule has 0 saturated heterocycles. The van der Waals surface area contributed by atoms with Gasteiger partial charge in [0.2, 0.25) is 0 Å². The van der Waals surface area contributed by atoms with Gasteiger partial charge in [-0.2, -0.15) is 5.26 Å². The predicted molar refractivity (Wildman–Crippen MR) is 117 cm³/mol. The van der Waals surface area contributed by atoms with Crippen LogP contribution in [0.25, 0.3) is 0 Å². The molecule has 3 aromatic rings. The molecule has 0 fully saturated rings. The number of nitriles is 1. The van der Waals surface area contributed by atoms with Crippen LogP contribution in [-0.2, 0) is 9.53 Å². The number of rotatable bonds is 5. The van der Waals surface area contributed by atoms with Crippen LogP contribution in [0.2, 0.25) is 5.02 Å². The third-order valence-corrected chi connectivity index (χ3v) is 5.66. The van der Waals surface area contributed by atoms with E-state index in [-0.39, 0.29) is 16.7 Å². The van der Waals surface area contributed by atoms with Crippen molar-refractivity contribution in [2.75, 3.05) is 16.8 Å². The molecular formula is C22H12ClN3O5S. The Labute approximate surface area is 190 Å². The second-order valence-corrected chi connectivity index (χ2v) is 7.93. The van der Waals surface area contributed by atoms with Gasteiger partial charge in [-0.1, -0.05) is 11.6 Å². The summed E-state index contributed by atoms with van der Waals surface area (Å²) in [5, 5.41) is 13.9. The van der Waals surface area contributed by atoms with E-state index in [9.17, 15) is 19.2 Å². The first-order chi connectivity index (χ1) is 15.4. The molecule has 0 radical (unpaired) electrons. The highest BCUT2D eigenvalue weighted by Crippen LogP contribution is 2.30. The molecule has 1 N–H and O–H groups in total. The smallest absolute Gasteiger partial charge is 0.338 e. The van der Waals surface area contributed by atoms with E-state index < -0.39 is 30.3 Å². The van der Waals surface area contributed by atoms with Gasteiger partial charge in [0, 0.05) is 5.02 Å². The topological polar surface area (TPSA) is 117 Å². The molecule has 0 atom stereocenters. The van der Waals surface area contributed by atoms with Gasteiger partial charge in [-0.15, -0.1) is 11.3 Å². The van der Waals surface area contributed by atoms with E-state index in [1.807, 2.05) is 6.07 Å². The quantitative estimate of drug-likeness (QED) is 0.451. The fourth-order valence-electron chi connectivity index (χ4n) is 3.06. The lowest BCUT2D eigenvalue weighted by atomic mass is 10.1. The number of nitrogens with zero attached hydrogens (tertiary/aromatic N) is 2. The van der Waals surface area contributed by atoms with Crippen LogP contribution in [0.5, 0.6) is 0 Å². The normalized spacial score (nSPS) is 12.3. The number of fused-ring (bicyclic) bond motifs is 1. The molecule has 0 unspecified atom stereocenters. The molecule has 1 aliphatic rings. The molecule has 0 aliphatic carbocycles. The summed E-state index contributed by atoms with van der Waals surface area (Å²) >= 11 is 7.03.